The molecule has 0 saturated carbocycles. The van der Waals surface area contributed by atoms with Crippen LogP contribution in [0.1, 0.15) is 16.8 Å². The highest BCUT2D eigenvalue weighted by molar-refractivity contribution is 5.67. The lowest BCUT2D eigenvalue weighted by Gasteiger charge is -2.27. The van der Waals surface area contributed by atoms with Crippen LogP contribution in [0.3, 0.4) is 0 Å². The zero-order valence-electron chi connectivity index (χ0n) is 18.4. The van der Waals surface area contributed by atoms with Crippen molar-refractivity contribution >= 4 is 0 Å². The fraction of sp³-hybridized carbons (Fsp3) is 0.200. The van der Waals surface area contributed by atoms with Crippen molar-refractivity contribution in [2.45, 2.75) is 25.9 Å². The Balaban J connectivity index is 1.30. The number of nitrogens with one attached hydrogen (secondary N) is 1. The van der Waals surface area contributed by atoms with E-state index in [4.69, 9.17) is 0 Å². The van der Waals surface area contributed by atoms with Crippen LogP contribution in [0.2, 0.25) is 0 Å². The first-order valence-electron chi connectivity index (χ1n) is 10.9. The average Bonchev–Trinajstić information content (AvgIpc) is 2.85. The fourth-order valence-electron chi connectivity index (χ4n) is 4.08. The second-order valence-corrected chi connectivity index (χ2v) is 8.14. The molecule has 0 amide bonds. The molecule has 0 aliphatic carbocycles. The summed E-state index contributed by atoms with van der Waals surface area (Å²) in [6, 6.07) is 13.0. The van der Waals surface area contributed by atoms with Gasteiger partial charge in [0.25, 0.3) is 5.56 Å². The van der Waals surface area contributed by atoms with E-state index in [9.17, 15) is 18.0 Å². The third kappa shape index (κ3) is 5.22. The lowest BCUT2D eigenvalue weighted by molar-refractivity contribution is -0.274. The molecule has 5 rings (SSSR count). The lowest BCUT2D eigenvalue weighted by Crippen LogP contribution is -2.35. The Morgan fingerprint density at radius 2 is 1.91 bits per heavy atom. The quantitative estimate of drug-likeness (QED) is 0.458. The zero-order valence-corrected chi connectivity index (χ0v) is 18.4. The van der Waals surface area contributed by atoms with Gasteiger partial charge in [-0.25, -0.2) is 4.98 Å². The van der Waals surface area contributed by atoms with Gasteiger partial charge in [-0.2, -0.15) is 0 Å². The number of aromatic nitrogens is 4. The van der Waals surface area contributed by atoms with Gasteiger partial charge in [-0.3, -0.25) is 19.7 Å². The topological polar surface area (TPSA) is 84.0 Å². The predicted molar refractivity (Wildman–Crippen MR) is 122 cm³/mol. The van der Waals surface area contributed by atoms with Gasteiger partial charge in [0.2, 0.25) is 0 Å². The minimum Gasteiger partial charge on any atom is -0.405 e. The SMILES string of the molecule is O=c1[nH]c(-c2cccnc2)nc2c1CN(Cc1ccc(-c3ccccc3OC(F)(F)F)nc1)CC2. The van der Waals surface area contributed by atoms with Crippen molar-refractivity contribution < 1.29 is 17.9 Å². The summed E-state index contributed by atoms with van der Waals surface area (Å²) in [4.78, 5) is 30.8. The summed E-state index contributed by atoms with van der Waals surface area (Å²) < 4.78 is 42.3. The number of alkyl halides is 3. The molecule has 1 aromatic carbocycles. The van der Waals surface area contributed by atoms with Crippen molar-refractivity contribution in [1.29, 1.82) is 0 Å². The Hall–Kier alpha value is -4.05. The molecule has 1 N–H and O–H groups in total. The van der Waals surface area contributed by atoms with E-state index in [2.05, 4.69) is 29.6 Å². The summed E-state index contributed by atoms with van der Waals surface area (Å²) >= 11 is 0. The molecule has 0 saturated heterocycles. The van der Waals surface area contributed by atoms with Crippen molar-refractivity contribution in [3.63, 3.8) is 0 Å². The summed E-state index contributed by atoms with van der Waals surface area (Å²) in [5, 5.41) is 0. The van der Waals surface area contributed by atoms with Crippen LogP contribution >= 0.6 is 0 Å². The van der Waals surface area contributed by atoms with Crippen LogP contribution in [0, 0.1) is 0 Å². The van der Waals surface area contributed by atoms with Crippen LogP contribution in [0.5, 0.6) is 5.75 Å². The molecule has 0 spiro atoms. The molecule has 7 nitrogen and oxygen atoms in total. The molecular formula is C25H20F3N5O2. The maximum absolute atomic E-state index is 12.7. The number of halogens is 3. The van der Waals surface area contributed by atoms with Crippen LogP contribution in [0.15, 0.2) is 71.9 Å². The maximum Gasteiger partial charge on any atom is 0.573 e. The zero-order chi connectivity index (χ0) is 24.4. The van der Waals surface area contributed by atoms with Gasteiger partial charge >= 0.3 is 6.36 Å². The van der Waals surface area contributed by atoms with Gasteiger partial charge in [0.1, 0.15) is 11.6 Å². The number of para-hydroxylation sites is 1. The summed E-state index contributed by atoms with van der Waals surface area (Å²) in [5.41, 5.74) is 3.50. The molecule has 1 aliphatic rings. The van der Waals surface area contributed by atoms with E-state index in [1.807, 2.05) is 12.1 Å². The number of rotatable bonds is 5. The number of ether oxygens (including phenoxy) is 1. The van der Waals surface area contributed by atoms with Gasteiger partial charge in [0, 0.05) is 55.8 Å². The third-order valence-corrected chi connectivity index (χ3v) is 5.70. The highest BCUT2D eigenvalue weighted by Gasteiger charge is 2.32. The monoisotopic (exact) mass is 479 g/mol. The van der Waals surface area contributed by atoms with E-state index >= 15 is 0 Å². The summed E-state index contributed by atoms with van der Waals surface area (Å²) in [5.74, 6) is 0.204. The molecular weight excluding hydrogens is 459 g/mol. The molecule has 4 heterocycles. The van der Waals surface area contributed by atoms with Gasteiger partial charge in [-0.1, -0.05) is 18.2 Å². The second kappa shape index (κ2) is 9.30. The molecule has 4 aromatic rings. The molecule has 1 aliphatic heterocycles. The van der Waals surface area contributed by atoms with E-state index in [-0.39, 0.29) is 16.9 Å². The summed E-state index contributed by atoms with van der Waals surface area (Å²) in [6.45, 7) is 1.69. The van der Waals surface area contributed by atoms with Crippen LogP contribution in [-0.4, -0.2) is 37.7 Å². The Morgan fingerprint density at radius 1 is 1.06 bits per heavy atom. The molecule has 0 radical (unpaired) electrons. The van der Waals surface area contributed by atoms with E-state index in [1.165, 1.54) is 18.2 Å². The molecule has 0 bridgehead atoms. The molecule has 10 heteroatoms. The molecule has 0 unspecified atom stereocenters. The lowest BCUT2D eigenvalue weighted by atomic mass is 10.1. The first kappa shape index (κ1) is 22.7. The van der Waals surface area contributed by atoms with Crippen LogP contribution in [-0.2, 0) is 19.5 Å². The third-order valence-electron chi connectivity index (χ3n) is 5.70. The van der Waals surface area contributed by atoms with Crippen LogP contribution in [0.4, 0.5) is 13.2 Å². The number of H-pyrrole nitrogens is 1. The number of benzene rings is 1. The highest BCUT2D eigenvalue weighted by atomic mass is 19.4. The maximum atomic E-state index is 12.7. The normalized spacial score (nSPS) is 13.9. The Bertz CT molecular complexity index is 1390. The number of fused-ring (bicyclic) bond motifs is 1. The van der Waals surface area contributed by atoms with Gasteiger partial charge < -0.3 is 9.72 Å². The number of hydrogen-bond donors (Lipinski definition) is 1. The molecule has 3 aromatic heterocycles. The van der Waals surface area contributed by atoms with Crippen molar-refractivity contribution in [1.82, 2.24) is 24.8 Å². The Kier molecular flexibility index (Phi) is 6.04. The largest absolute Gasteiger partial charge is 0.573 e. The summed E-state index contributed by atoms with van der Waals surface area (Å²) in [6.07, 6.45) is 0.786. The fourth-order valence-corrected chi connectivity index (χ4v) is 4.08. The standard InChI is InChI=1S/C25H20F3N5O2/c26-25(27,28)35-22-6-2-1-5-18(22)20-8-7-16(12-30-20)14-33-11-9-21-19(15-33)24(34)32-23(31-21)17-4-3-10-29-13-17/h1-8,10,12-13H,9,11,14-15H2,(H,31,32,34). The number of pyridine rings is 2. The average molecular weight is 479 g/mol. The first-order chi connectivity index (χ1) is 16.9. The minimum atomic E-state index is -4.79. The molecule has 0 atom stereocenters. The van der Waals surface area contributed by atoms with Gasteiger partial charge in [0.15, 0.2) is 0 Å². The Labute approximate surface area is 198 Å². The van der Waals surface area contributed by atoms with Crippen LogP contribution < -0.4 is 10.3 Å². The smallest absolute Gasteiger partial charge is 0.405 e. The number of aromatic amines is 1. The second-order valence-electron chi connectivity index (χ2n) is 8.14. The van der Waals surface area contributed by atoms with Crippen molar-refractivity contribution in [3.05, 3.63) is 94.3 Å². The van der Waals surface area contributed by atoms with E-state index in [0.29, 0.717) is 43.1 Å². The van der Waals surface area contributed by atoms with Gasteiger partial charge in [0.05, 0.1) is 17.0 Å². The van der Waals surface area contributed by atoms with Gasteiger partial charge in [-0.05, 0) is 35.9 Å². The van der Waals surface area contributed by atoms with Crippen LogP contribution in [0.25, 0.3) is 22.6 Å². The molecule has 0 fully saturated rings. The Morgan fingerprint density at radius 3 is 2.66 bits per heavy atom. The predicted octanol–water partition coefficient (Wildman–Crippen LogP) is 4.35. The van der Waals surface area contributed by atoms with Crippen molar-refractivity contribution in [2.24, 2.45) is 0 Å². The molecule has 35 heavy (non-hydrogen) atoms. The van der Waals surface area contributed by atoms with E-state index in [0.717, 1.165) is 16.8 Å². The van der Waals surface area contributed by atoms with E-state index in [1.54, 1.807) is 36.8 Å². The van der Waals surface area contributed by atoms with Gasteiger partial charge in [-0.15, -0.1) is 13.2 Å². The van der Waals surface area contributed by atoms with Crippen molar-refractivity contribution in [3.8, 4) is 28.4 Å². The first-order valence-corrected chi connectivity index (χ1v) is 10.9. The number of nitrogens with zero attached hydrogens (tertiary/aromatic N) is 4. The molecule has 178 valence electrons. The minimum absolute atomic E-state index is 0.173. The highest BCUT2D eigenvalue weighted by Crippen LogP contribution is 2.32. The van der Waals surface area contributed by atoms with E-state index < -0.39 is 6.36 Å². The van der Waals surface area contributed by atoms with Crippen molar-refractivity contribution in [2.75, 3.05) is 6.54 Å². The number of hydrogen-bond acceptors (Lipinski definition) is 6. The summed E-state index contributed by atoms with van der Waals surface area (Å²) in [7, 11) is 0.